The van der Waals surface area contributed by atoms with E-state index in [9.17, 15) is 30.0 Å². The minimum atomic E-state index is -2.08. The zero-order chi connectivity index (χ0) is 28.3. The first-order valence-electron chi connectivity index (χ1n) is 13.0. The number of aryl methyl sites for hydroxylation is 2. The Morgan fingerprint density at radius 3 is 2.36 bits per heavy atom. The molecule has 1 saturated heterocycles. The molecule has 2 heterocycles. The second kappa shape index (κ2) is 12.5. The van der Waals surface area contributed by atoms with Gasteiger partial charge in [0.05, 0.1) is 18.9 Å². The molecule has 1 aliphatic heterocycles. The smallest absolute Gasteiger partial charge is 0.409 e. The lowest BCUT2D eigenvalue weighted by molar-refractivity contribution is -0.105. The van der Waals surface area contributed by atoms with Crippen LogP contribution in [0.25, 0.3) is 5.57 Å². The molecule has 1 aliphatic carbocycles. The van der Waals surface area contributed by atoms with Crippen LogP contribution in [0, 0.1) is 0 Å². The number of likely N-dealkylation sites (tertiary alicyclic amines) is 1. The molecule has 11 heteroatoms. The number of aliphatic hydroxyl groups excluding tert-OH is 5. The van der Waals surface area contributed by atoms with Crippen molar-refractivity contribution < 1.29 is 39.9 Å². The number of pyridine rings is 1. The highest BCUT2D eigenvalue weighted by atomic mass is 35.5. The van der Waals surface area contributed by atoms with Gasteiger partial charge in [-0.3, -0.25) is 4.79 Å². The number of piperidine rings is 1. The lowest BCUT2D eigenvalue weighted by Crippen LogP contribution is -2.48. The van der Waals surface area contributed by atoms with E-state index in [-0.39, 0.29) is 11.8 Å². The van der Waals surface area contributed by atoms with Crippen LogP contribution in [0.5, 0.6) is 0 Å². The molecule has 0 radical (unpaired) electrons. The zero-order valence-corrected chi connectivity index (χ0v) is 22.3. The van der Waals surface area contributed by atoms with Crippen molar-refractivity contribution in [2.75, 3.05) is 26.3 Å². The van der Waals surface area contributed by atoms with E-state index < -0.39 is 36.8 Å². The minimum Gasteiger partial charge on any atom is -0.450 e. The normalized spacial score (nSPS) is 18.4. The second-order valence-electron chi connectivity index (χ2n) is 9.71. The number of aliphatic hydroxyl groups is 5. The van der Waals surface area contributed by atoms with Gasteiger partial charge in [0.2, 0.25) is 5.78 Å². The highest BCUT2D eigenvalue weighted by molar-refractivity contribution is 6.30. The summed E-state index contributed by atoms with van der Waals surface area (Å²) < 4.78 is 5.15. The van der Waals surface area contributed by atoms with E-state index in [1.807, 2.05) is 12.1 Å². The summed E-state index contributed by atoms with van der Waals surface area (Å²) in [5, 5.41) is 49.9. The molecule has 5 N–H and O–H groups in total. The number of nitrogens with zero attached hydrogens (tertiary/aromatic N) is 2. The summed E-state index contributed by atoms with van der Waals surface area (Å²) in [6, 6.07) is 8.85. The quantitative estimate of drug-likeness (QED) is 0.316. The standard InChI is InChI=1S/C28H33ClN2O8/c1-2-39-28(38)31-11-9-15(10-12-31)22-19-7-6-18(29)13-17(19)4-3-16-5-8-20(30-23(16)22)24(34)26(36)27(37)25(35)21(33)14-32/h5-8,13,21,25-27,32-33,35-37H,2-4,9-12,14H2,1H3. The molecule has 1 aromatic heterocycles. The van der Waals surface area contributed by atoms with Gasteiger partial charge in [0.1, 0.15) is 30.1 Å². The van der Waals surface area contributed by atoms with Crippen LogP contribution in [-0.4, -0.2) is 98.0 Å². The molecule has 1 aromatic carbocycles. The fourth-order valence-corrected chi connectivity index (χ4v) is 5.26. The van der Waals surface area contributed by atoms with E-state index in [0.717, 1.165) is 27.8 Å². The number of rotatable bonds is 7. The molecule has 4 rings (SSSR count). The van der Waals surface area contributed by atoms with Gasteiger partial charge in [-0.2, -0.15) is 0 Å². The number of aromatic nitrogens is 1. The average molecular weight is 561 g/mol. The first kappa shape index (κ1) is 29.1. The van der Waals surface area contributed by atoms with Crippen molar-refractivity contribution in [3.63, 3.8) is 0 Å². The molecule has 2 aromatic rings. The fraction of sp³-hybridized carbons (Fsp3) is 0.464. The average Bonchev–Trinajstić information content (AvgIpc) is 3.11. The SMILES string of the molecule is CCOC(=O)N1CCC(=C2c3ccc(Cl)cc3CCc3ccc(C(=O)C(O)C(O)C(O)C(O)CO)nc32)CC1. The van der Waals surface area contributed by atoms with Gasteiger partial charge in [-0.25, -0.2) is 9.78 Å². The maximum atomic E-state index is 13.1. The van der Waals surface area contributed by atoms with E-state index in [4.69, 9.17) is 21.4 Å². The van der Waals surface area contributed by atoms with E-state index in [1.54, 1.807) is 24.0 Å². The predicted molar refractivity (Wildman–Crippen MR) is 142 cm³/mol. The number of amides is 1. The summed E-state index contributed by atoms with van der Waals surface area (Å²) in [7, 11) is 0. The predicted octanol–water partition coefficient (Wildman–Crippen LogP) is 1.51. The van der Waals surface area contributed by atoms with Crippen molar-refractivity contribution in [3.05, 3.63) is 69.0 Å². The van der Waals surface area contributed by atoms with Crippen LogP contribution < -0.4 is 0 Å². The number of hydrogen-bond donors (Lipinski definition) is 5. The Bertz CT molecular complexity index is 1260. The second-order valence-corrected chi connectivity index (χ2v) is 10.1. The van der Waals surface area contributed by atoms with Crippen LogP contribution in [0.2, 0.25) is 5.02 Å². The van der Waals surface area contributed by atoms with Gasteiger partial charge in [-0.05, 0) is 67.5 Å². The van der Waals surface area contributed by atoms with Crippen molar-refractivity contribution >= 4 is 29.1 Å². The van der Waals surface area contributed by atoms with Crippen molar-refractivity contribution in [1.82, 2.24) is 9.88 Å². The van der Waals surface area contributed by atoms with Gasteiger partial charge < -0.3 is 35.2 Å². The van der Waals surface area contributed by atoms with Gasteiger partial charge in [0.25, 0.3) is 0 Å². The zero-order valence-electron chi connectivity index (χ0n) is 21.6. The highest BCUT2D eigenvalue weighted by Crippen LogP contribution is 2.39. The number of fused-ring (bicyclic) bond motifs is 2. The number of carbonyl (C=O) groups is 2. The summed E-state index contributed by atoms with van der Waals surface area (Å²) in [6.07, 6.45) is -5.68. The number of Topliss-reactive ketones (excluding diaryl/α,β-unsaturated/α-hetero) is 1. The van der Waals surface area contributed by atoms with Crippen LogP contribution >= 0.6 is 11.6 Å². The van der Waals surface area contributed by atoms with Gasteiger partial charge in [-0.1, -0.05) is 29.3 Å². The van der Waals surface area contributed by atoms with Gasteiger partial charge in [-0.15, -0.1) is 0 Å². The van der Waals surface area contributed by atoms with Gasteiger partial charge in [0, 0.05) is 23.7 Å². The first-order valence-corrected chi connectivity index (χ1v) is 13.3. The maximum absolute atomic E-state index is 13.1. The molecule has 39 heavy (non-hydrogen) atoms. The maximum Gasteiger partial charge on any atom is 0.409 e. The number of halogens is 1. The molecule has 210 valence electrons. The first-order chi connectivity index (χ1) is 18.7. The van der Waals surface area contributed by atoms with E-state index >= 15 is 0 Å². The van der Waals surface area contributed by atoms with Crippen molar-refractivity contribution in [3.8, 4) is 0 Å². The number of ether oxygens (including phenoxy) is 1. The fourth-order valence-electron chi connectivity index (χ4n) is 5.06. The summed E-state index contributed by atoms with van der Waals surface area (Å²) >= 11 is 6.31. The summed E-state index contributed by atoms with van der Waals surface area (Å²) in [4.78, 5) is 31.7. The number of carbonyl (C=O) groups excluding carboxylic acids is 2. The lowest BCUT2D eigenvalue weighted by Gasteiger charge is -2.29. The minimum absolute atomic E-state index is 0.120. The van der Waals surface area contributed by atoms with Crippen molar-refractivity contribution in [2.45, 2.75) is 57.0 Å². The van der Waals surface area contributed by atoms with Crippen LogP contribution in [0.15, 0.2) is 35.9 Å². The topological polar surface area (TPSA) is 161 Å². The Balaban J connectivity index is 1.74. The molecule has 1 amide bonds. The molecular formula is C28H33ClN2O8. The molecule has 0 spiro atoms. The van der Waals surface area contributed by atoms with Crippen LogP contribution in [-0.2, 0) is 17.6 Å². The molecule has 4 unspecified atom stereocenters. The monoisotopic (exact) mass is 560 g/mol. The Labute approximate surface area is 231 Å². The highest BCUT2D eigenvalue weighted by Gasteiger charge is 2.36. The molecule has 1 fully saturated rings. The molecule has 0 saturated carbocycles. The molecule has 0 bridgehead atoms. The van der Waals surface area contributed by atoms with E-state index in [1.165, 1.54) is 6.07 Å². The summed E-state index contributed by atoms with van der Waals surface area (Å²) in [5.74, 6) is -0.934. The third kappa shape index (κ3) is 6.16. The van der Waals surface area contributed by atoms with E-state index in [0.29, 0.717) is 56.1 Å². The molecule has 10 nitrogen and oxygen atoms in total. The third-order valence-electron chi connectivity index (χ3n) is 7.24. The summed E-state index contributed by atoms with van der Waals surface area (Å²) in [6.45, 7) is 2.12. The van der Waals surface area contributed by atoms with Crippen LogP contribution in [0.4, 0.5) is 4.79 Å². The molecule has 4 atom stereocenters. The lowest BCUT2D eigenvalue weighted by atomic mass is 9.88. The van der Waals surface area contributed by atoms with Gasteiger partial charge >= 0.3 is 6.09 Å². The number of hydrogen-bond acceptors (Lipinski definition) is 9. The van der Waals surface area contributed by atoms with Crippen molar-refractivity contribution in [2.24, 2.45) is 0 Å². The largest absolute Gasteiger partial charge is 0.450 e. The molecule has 2 aliphatic rings. The summed E-state index contributed by atoms with van der Waals surface area (Å²) in [5.41, 5.74) is 5.20. The molecular weight excluding hydrogens is 528 g/mol. The Morgan fingerprint density at radius 2 is 1.69 bits per heavy atom. The number of ketones is 1. The van der Waals surface area contributed by atoms with Crippen LogP contribution in [0.1, 0.15) is 52.6 Å². The van der Waals surface area contributed by atoms with Gasteiger partial charge in [0.15, 0.2) is 0 Å². The Kier molecular flexibility index (Phi) is 9.37. The Morgan fingerprint density at radius 1 is 1.00 bits per heavy atom. The number of benzene rings is 1. The Hall–Kier alpha value is -2.86. The third-order valence-corrected chi connectivity index (χ3v) is 7.47. The van der Waals surface area contributed by atoms with E-state index in [2.05, 4.69) is 4.98 Å². The van der Waals surface area contributed by atoms with Crippen molar-refractivity contribution in [1.29, 1.82) is 0 Å². The van der Waals surface area contributed by atoms with Crippen LogP contribution in [0.3, 0.4) is 0 Å².